The van der Waals surface area contributed by atoms with Gasteiger partial charge in [-0.25, -0.2) is 0 Å². The Morgan fingerprint density at radius 1 is 1.32 bits per heavy atom. The average Bonchev–Trinajstić information content (AvgIpc) is 2.87. The molecule has 1 fully saturated rings. The van der Waals surface area contributed by atoms with Crippen LogP contribution in [0.25, 0.3) is 0 Å². The third-order valence-electron chi connectivity index (χ3n) is 3.80. The predicted molar refractivity (Wildman–Crippen MR) is 74.2 cm³/mol. The molecule has 1 aromatic carbocycles. The highest BCUT2D eigenvalue weighted by molar-refractivity contribution is 5.98. The van der Waals surface area contributed by atoms with Crippen molar-refractivity contribution in [3.8, 4) is 0 Å². The van der Waals surface area contributed by atoms with Crippen LogP contribution in [0.1, 0.15) is 38.2 Å². The summed E-state index contributed by atoms with van der Waals surface area (Å²) in [4.78, 5) is 12.2. The minimum absolute atomic E-state index is 0.0561. The molecule has 0 bridgehead atoms. The van der Waals surface area contributed by atoms with E-state index in [0.717, 1.165) is 31.4 Å². The Labute approximate surface area is 112 Å². The fourth-order valence-corrected chi connectivity index (χ4v) is 2.45. The Bertz CT molecular complexity index is 488. The highest BCUT2D eigenvalue weighted by atomic mass is 16.4. The van der Waals surface area contributed by atoms with Crippen LogP contribution in [0.4, 0.5) is 5.69 Å². The molecule has 2 rings (SSSR count). The molecule has 1 aliphatic carbocycles. The maximum Gasteiger partial charge on any atom is 0.230 e. The van der Waals surface area contributed by atoms with Gasteiger partial charge < -0.3 is 16.3 Å². The van der Waals surface area contributed by atoms with Crippen molar-refractivity contribution in [1.29, 1.82) is 0 Å². The molecule has 4 N–H and O–H groups in total. The molecule has 0 heterocycles. The minimum Gasteiger partial charge on any atom is -0.409 e. The van der Waals surface area contributed by atoms with Crippen molar-refractivity contribution in [2.24, 2.45) is 16.3 Å². The lowest BCUT2D eigenvalue weighted by atomic mass is 9.88. The Morgan fingerprint density at radius 3 is 2.42 bits per heavy atom. The van der Waals surface area contributed by atoms with E-state index in [2.05, 4.69) is 10.5 Å². The van der Waals surface area contributed by atoms with Crippen molar-refractivity contribution in [3.05, 3.63) is 29.8 Å². The van der Waals surface area contributed by atoms with E-state index in [1.807, 2.05) is 6.92 Å². The maximum atomic E-state index is 12.2. The smallest absolute Gasteiger partial charge is 0.230 e. The Morgan fingerprint density at radius 2 is 1.89 bits per heavy atom. The van der Waals surface area contributed by atoms with E-state index < -0.39 is 0 Å². The summed E-state index contributed by atoms with van der Waals surface area (Å²) in [6.45, 7) is 2.01. The van der Waals surface area contributed by atoms with Gasteiger partial charge in [0.05, 0.1) is 0 Å². The molecular weight excluding hydrogens is 242 g/mol. The number of carbonyl (C=O) groups excluding carboxylic acids is 1. The van der Waals surface area contributed by atoms with Crippen molar-refractivity contribution < 1.29 is 10.0 Å². The van der Waals surface area contributed by atoms with Crippen LogP contribution in [0.15, 0.2) is 29.4 Å². The standard InChI is InChI=1S/C14H19N3O2/c1-14(8-2-3-9-14)13(18)16-11-6-4-10(5-7-11)12(15)17-19/h4-7,19H,2-3,8-9H2,1H3,(H2,15,17)(H,16,18). The molecule has 0 atom stereocenters. The van der Waals surface area contributed by atoms with E-state index in [1.165, 1.54) is 0 Å². The van der Waals surface area contributed by atoms with Crippen LogP contribution in [0.2, 0.25) is 0 Å². The average molecular weight is 261 g/mol. The maximum absolute atomic E-state index is 12.2. The molecule has 102 valence electrons. The molecule has 0 spiro atoms. The van der Waals surface area contributed by atoms with Gasteiger partial charge in [-0.3, -0.25) is 4.79 Å². The van der Waals surface area contributed by atoms with Crippen LogP contribution in [-0.2, 0) is 4.79 Å². The summed E-state index contributed by atoms with van der Waals surface area (Å²) in [6.07, 6.45) is 4.13. The first-order chi connectivity index (χ1) is 9.05. The van der Waals surface area contributed by atoms with Crippen LogP contribution < -0.4 is 11.1 Å². The topological polar surface area (TPSA) is 87.7 Å². The van der Waals surface area contributed by atoms with Crippen LogP contribution in [0.5, 0.6) is 0 Å². The largest absolute Gasteiger partial charge is 0.409 e. The third-order valence-corrected chi connectivity index (χ3v) is 3.80. The second kappa shape index (κ2) is 5.30. The number of amidine groups is 1. The molecule has 1 aliphatic rings. The lowest BCUT2D eigenvalue weighted by Crippen LogP contribution is -2.30. The van der Waals surface area contributed by atoms with E-state index in [1.54, 1.807) is 24.3 Å². The lowest BCUT2D eigenvalue weighted by Gasteiger charge is -2.22. The molecule has 1 amide bonds. The van der Waals surface area contributed by atoms with Gasteiger partial charge in [0.25, 0.3) is 0 Å². The molecule has 5 nitrogen and oxygen atoms in total. The molecule has 0 aliphatic heterocycles. The number of rotatable bonds is 3. The number of carbonyl (C=O) groups is 1. The Balaban J connectivity index is 2.05. The number of anilines is 1. The summed E-state index contributed by atoms with van der Waals surface area (Å²) < 4.78 is 0. The molecule has 0 radical (unpaired) electrons. The summed E-state index contributed by atoms with van der Waals surface area (Å²) in [5, 5.41) is 14.4. The first-order valence-corrected chi connectivity index (χ1v) is 6.44. The van der Waals surface area contributed by atoms with Crippen molar-refractivity contribution >= 4 is 17.4 Å². The summed E-state index contributed by atoms with van der Waals surface area (Å²) in [5.41, 5.74) is 6.58. The molecule has 0 aromatic heterocycles. The van der Waals surface area contributed by atoms with Crippen LogP contribution >= 0.6 is 0 Å². The number of amides is 1. The molecule has 5 heteroatoms. The van der Waals surface area contributed by atoms with Crippen molar-refractivity contribution in [2.75, 3.05) is 5.32 Å². The molecule has 1 saturated carbocycles. The number of nitrogens with two attached hydrogens (primary N) is 1. The quantitative estimate of drug-likeness (QED) is 0.337. The van der Waals surface area contributed by atoms with Gasteiger partial charge in [0.2, 0.25) is 5.91 Å². The van der Waals surface area contributed by atoms with E-state index in [-0.39, 0.29) is 17.2 Å². The van der Waals surface area contributed by atoms with E-state index in [4.69, 9.17) is 10.9 Å². The van der Waals surface area contributed by atoms with Crippen molar-refractivity contribution in [1.82, 2.24) is 0 Å². The summed E-state index contributed by atoms with van der Waals surface area (Å²) in [5.74, 6) is 0.127. The Kier molecular flexibility index (Phi) is 3.74. The van der Waals surface area contributed by atoms with Crippen LogP contribution in [-0.4, -0.2) is 17.0 Å². The molecule has 1 aromatic rings. The highest BCUT2D eigenvalue weighted by Gasteiger charge is 2.36. The summed E-state index contributed by atoms with van der Waals surface area (Å²) in [7, 11) is 0. The number of nitrogens with zero attached hydrogens (tertiary/aromatic N) is 1. The van der Waals surface area contributed by atoms with E-state index in [0.29, 0.717) is 5.56 Å². The van der Waals surface area contributed by atoms with Crippen LogP contribution in [0.3, 0.4) is 0 Å². The SMILES string of the molecule is CC1(C(=O)Nc2ccc(C(N)=NO)cc2)CCCC1. The fourth-order valence-electron chi connectivity index (χ4n) is 2.45. The fraction of sp³-hybridized carbons (Fsp3) is 0.429. The first kappa shape index (κ1) is 13.4. The second-order valence-electron chi connectivity index (χ2n) is 5.28. The molecule has 0 unspecified atom stereocenters. The number of hydrogen-bond acceptors (Lipinski definition) is 3. The normalized spacial score (nSPS) is 18.3. The van der Waals surface area contributed by atoms with Gasteiger partial charge in [-0.2, -0.15) is 0 Å². The number of benzene rings is 1. The zero-order valence-electron chi connectivity index (χ0n) is 11.0. The lowest BCUT2D eigenvalue weighted by molar-refractivity contribution is -0.124. The molecule has 0 saturated heterocycles. The van der Waals surface area contributed by atoms with E-state index >= 15 is 0 Å². The monoisotopic (exact) mass is 261 g/mol. The Hall–Kier alpha value is -2.04. The van der Waals surface area contributed by atoms with Gasteiger partial charge in [-0.05, 0) is 37.1 Å². The van der Waals surface area contributed by atoms with Crippen molar-refractivity contribution in [3.63, 3.8) is 0 Å². The summed E-state index contributed by atoms with van der Waals surface area (Å²) >= 11 is 0. The second-order valence-corrected chi connectivity index (χ2v) is 5.28. The number of hydrogen-bond donors (Lipinski definition) is 3. The van der Waals surface area contributed by atoms with Crippen molar-refractivity contribution in [2.45, 2.75) is 32.6 Å². The summed E-state index contributed by atoms with van der Waals surface area (Å²) in [6, 6.07) is 6.93. The highest BCUT2D eigenvalue weighted by Crippen LogP contribution is 2.38. The van der Waals surface area contributed by atoms with Gasteiger partial charge in [0, 0.05) is 16.7 Å². The molecular formula is C14H19N3O2. The number of nitrogens with one attached hydrogen (secondary N) is 1. The minimum atomic E-state index is -0.246. The van der Waals surface area contributed by atoms with Gasteiger partial charge in [0.1, 0.15) is 0 Å². The zero-order chi connectivity index (χ0) is 13.9. The number of oxime groups is 1. The van der Waals surface area contributed by atoms with Gasteiger partial charge in [-0.15, -0.1) is 0 Å². The van der Waals surface area contributed by atoms with Gasteiger partial charge in [0.15, 0.2) is 5.84 Å². The van der Waals surface area contributed by atoms with Gasteiger partial charge in [-0.1, -0.05) is 24.9 Å². The molecule has 19 heavy (non-hydrogen) atoms. The zero-order valence-corrected chi connectivity index (χ0v) is 11.0. The third kappa shape index (κ3) is 2.86. The van der Waals surface area contributed by atoms with Gasteiger partial charge >= 0.3 is 0 Å². The van der Waals surface area contributed by atoms with E-state index in [9.17, 15) is 4.79 Å². The van der Waals surface area contributed by atoms with Crippen LogP contribution in [0, 0.1) is 5.41 Å². The first-order valence-electron chi connectivity index (χ1n) is 6.44. The predicted octanol–water partition coefficient (Wildman–Crippen LogP) is 2.30.